The summed E-state index contributed by atoms with van der Waals surface area (Å²) in [5.74, 6) is 0.0874. The molecule has 0 amide bonds. The summed E-state index contributed by atoms with van der Waals surface area (Å²) in [6.07, 6.45) is 2.76. The summed E-state index contributed by atoms with van der Waals surface area (Å²) in [7, 11) is -2.94. The van der Waals surface area contributed by atoms with E-state index in [-0.39, 0.29) is 10.7 Å². The molecule has 0 bridgehead atoms. The summed E-state index contributed by atoms with van der Waals surface area (Å²) in [4.78, 5) is 4.25. The number of rotatable bonds is 5. The molecule has 0 saturated heterocycles. The highest BCUT2D eigenvalue weighted by molar-refractivity contribution is 7.90. The molecule has 1 aromatic rings. The molecule has 0 saturated carbocycles. The summed E-state index contributed by atoms with van der Waals surface area (Å²) >= 11 is 4.76. The van der Waals surface area contributed by atoms with Gasteiger partial charge in [0.2, 0.25) is 0 Å². The first-order valence-corrected chi connectivity index (χ1v) is 7.03. The van der Waals surface area contributed by atoms with Crippen LogP contribution in [0.3, 0.4) is 0 Å². The first-order valence-electron chi connectivity index (χ1n) is 4.56. The maximum Gasteiger partial charge on any atom is 0.149 e. The van der Waals surface area contributed by atoms with Crippen molar-refractivity contribution >= 4 is 32.7 Å². The first kappa shape index (κ1) is 12.9. The summed E-state index contributed by atoms with van der Waals surface area (Å²) in [5, 5.41) is 2.94. The Morgan fingerprint density at radius 2 is 2.25 bits per heavy atom. The lowest BCUT2D eigenvalue weighted by Gasteiger charge is -2.05. The number of aromatic nitrogens is 1. The van der Waals surface area contributed by atoms with Gasteiger partial charge in [0.05, 0.1) is 23.3 Å². The fraction of sp³-hybridized carbons (Fsp3) is 0.333. The highest BCUT2D eigenvalue weighted by atomic mass is 32.2. The zero-order chi connectivity index (χ0) is 12.2. The van der Waals surface area contributed by atoms with Gasteiger partial charge < -0.3 is 11.1 Å². The minimum absolute atomic E-state index is 0.0874. The predicted octanol–water partition coefficient (Wildman–Crippen LogP) is 0.172. The molecule has 1 rings (SSSR count). The van der Waals surface area contributed by atoms with E-state index in [4.69, 9.17) is 18.0 Å². The normalized spacial score (nSPS) is 11.1. The maximum atomic E-state index is 10.9. The fourth-order valence-corrected chi connectivity index (χ4v) is 1.62. The van der Waals surface area contributed by atoms with E-state index in [9.17, 15) is 8.42 Å². The summed E-state index contributed by atoms with van der Waals surface area (Å²) in [5.41, 5.74) is 6.67. The molecule has 0 aromatic carbocycles. The number of hydrogen-bond donors (Lipinski definition) is 2. The van der Waals surface area contributed by atoms with Crippen LogP contribution in [0.5, 0.6) is 0 Å². The van der Waals surface area contributed by atoms with E-state index in [0.717, 1.165) is 5.69 Å². The third kappa shape index (κ3) is 4.54. The molecule has 5 nitrogen and oxygen atoms in total. The number of anilines is 1. The zero-order valence-electron chi connectivity index (χ0n) is 8.80. The van der Waals surface area contributed by atoms with E-state index >= 15 is 0 Å². The van der Waals surface area contributed by atoms with Crippen LogP contribution in [0.25, 0.3) is 0 Å². The Kier molecular flexibility index (Phi) is 4.19. The average Bonchev–Trinajstić information content (AvgIpc) is 2.16. The van der Waals surface area contributed by atoms with Crippen molar-refractivity contribution in [3.8, 4) is 0 Å². The number of nitrogens with two attached hydrogens (primary N) is 1. The van der Waals surface area contributed by atoms with Gasteiger partial charge in [0.1, 0.15) is 14.8 Å². The predicted molar refractivity (Wildman–Crippen MR) is 68.3 cm³/mol. The molecule has 0 fully saturated rings. The van der Waals surface area contributed by atoms with Crippen molar-refractivity contribution in [2.24, 2.45) is 5.73 Å². The van der Waals surface area contributed by atoms with Gasteiger partial charge in [0.25, 0.3) is 0 Å². The number of sulfone groups is 1. The zero-order valence-corrected chi connectivity index (χ0v) is 10.4. The highest BCUT2D eigenvalue weighted by Gasteiger charge is 2.02. The standard InChI is InChI=1S/C9H13N3O2S2/c1-16(13,14)5-4-11-7-2-3-8(9(10)15)12-6-7/h2-3,6,11H,4-5H2,1H3,(H2,10,15). The number of nitrogens with zero attached hydrogens (tertiary/aromatic N) is 1. The Morgan fingerprint density at radius 3 is 2.69 bits per heavy atom. The monoisotopic (exact) mass is 259 g/mol. The second-order valence-corrected chi connectivity index (χ2v) is 6.05. The number of pyridine rings is 1. The van der Waals surface area contributed by atoms with E-state index in [2.05, 4.69) is 10.3 Å². The van der Waals surface area contributed by atoms with Crippen molar-refractivity contribution in [1.82, 2.24) is 4.98 Å². The lowest BCUT2D eigenvalue weighted by atomic mass is 10.3. The quantitative estimate of drug-likeness (QED) is 0.733. The molecular weight excluding hydrogens is 246 g/mol. The van der Waals surface area contributed by atoms with Gasteiger partial charge in [-0.1, -0.05) is 12.2 Å². The Bertz CT molecular complexity index is 468. The first-order chi connectivity index (χ1) is 7.38. The van der Waals surface area contributed by atoms with Crippen LogP contribution in [0.4, 0.5) is 5.69 Å². The summed E-state index contributed by atoms with van der Waals surface area (Å²) in [6, 6.07) is 3.44. The molecule has 0 radical (unpaired) electrons. The summed E-state index contributed by atoms with van der Waals surface area (Å²) in [6.45, 7) is 0.354. The Morgan fingerprint density at radius 1 is 1.56 bits per heavy atom. The van der Waals surface area contributed by atoms with Crippen molar-refractivity contribution in [3.63, 3.8) is 0 Å². The molecule has 3 N–H and O–H groups in total. The minimum Gasteiger partial charge on any atom is -0.388 e. The number of thiocarbonyl (C=S) groups is 1. The van der Waals surface area contributed by atoms with Crippen molar-refractivity contribution in [2.75, 3.05) is 23.9 Å². The van der Waals surface area contributed by atoms with E-state index in [1.807, 2.05) is 0 Å². The average molecular weight is 259 g/mol. The van der Waals surface area contributed by atoms with E-state index in [1.165, 1.54) is 6.26 Å². The van der Waals surface area contributed by atoms with Crippen LogP contribution in [0.15, 0.2) is 18.3 Å². The molecule has 0 spiro atoms. The largest absolute Gasteiger partial charge is 0.388 e. The molecule has 0 unspecified atom stereocenters. The second-order valence-electron chi connectivity index (χ2n) is 3.35. The van der Waals surface area contributed by atoms with Gasteiger partial charge in [-0.3, -0.25) is 4.98 Å². The van der Waals surface area contributed by atoms with Crippen LogP contribution in [-0.2, 0) is 9.84 Å². The van der Waals surface area contributed by atoms with Gasteiger partial charge in [0, 0.05) is 12.8 Å². The third-order valence-corrected chi connectivity index (χ3v) is 2.97. The Labute approximate surface area is 100.0 Å². The van der Waals surface area contributed by atoms with Crippen LogP contribution in [-0.4, -0.2) is 36.9 Å². The van der Waals surface area contributed by atoms with E-state index in [0.29, 0.717) is 12.2 Å². The molecule has 0 aliphatic heterocycles. The molecule has 0 aliphatic carbocycles. The number of hydrogen-bond acceptors (Lipinski definition) is 5. The van der Waals surface area contributed by atoms with E-state index < -0.39 is 9.84 Å². The molecule has 16 heavy (non-hydrogen) atoms. The topological polar surface area (TPSA) is 85.1 Å². The molecule has 1 heterocycles. The molecule has 7 heteroatoms. The van der Waals surface area contributed by atoms with Crippen molar-refractivity contribution < 1.29 is 8.42 Å². The molecule has 0 aliphatic rings. The van der Waals surface area contributed by atoms with Gasteiger partial charge in [-0.05, 0) is 12.1 Å². The van der Waals surface area contributed by atoms with Gasteiger partial charge in [0.15, 0.2) is 0 Å². The Balaban J connectivity index is 2.53. The van der Waals surface area contributed by atoms with Crippen molar-refractivity contribution in [3.05, 3.63) is 24.0 Å². The van der Waals surface area contributed by atoms with E-state index in [1.54, 1.807) is 18.3 Å². The van der Waals surface area contributed by atoms with Crippen LogP contribution in [0, 0.1) is 0 Å². The second kappa shape index (κ2) is 5.22. The van der Waals surface area contributed by atoms with Crippen LogP contribution < -0.4 is 11.1 Å². The molecule has 1 aromatic heterocycles. The van der Waals surface area contributed by atoms with Crippen molar-refractivity contribution in [1.29, 1.82) is 0 Å². The minimum atomic E-state index is -2.94. The smallest absolute Gasteiger partial charge is 0.149 e. The van der Waals surface area contributed by atoms with Crippen LogP contribution in [0.1, 0.15) is 5.69 Å². The lowest BCUT2D eigenvalue weighted by Crippen LogP contribution is -2.15. The van der Waals surface area contributed by atoms with Crippen molar-refractivity contribution in [2.45, 2.75) is 0 Å². The molecular formula is C9H13N3O2S2. The highest BCUT2D eigenvalue weighted by Crippen LogP contribution is 2.05. The fourth-order valence-electron chi connectivity index (χ4n) is 1.02. The lowest BCUT2D eigenvalue weighted by molar-refractivity contribution is 0.602. The van der Waals surface area contributed by atoms with Crippen LogP contribution in [0.2, 0.25) is 0 Å². The maximum absolute atomic E-state index is 10.9. The third-order valence-electron chi connectivity index (χ3n) is 1.82. The SMILES string of the molecule is CS(=O)(=O)CCNc1ccc(C(N)=S)nc1. The van der Waals surface area contributed by atoms with Gasteiger partial charge in [-0.25, -0.2) is 8.42 Å². The van der Waals surface area contributed by atoms with Gasteiger partial charge in [-0.15, -0.1) is 0 Å². The number of nitrogens with one attached hydrogen (secondary N) is 1. The Hall–Kier alpha value is -1.21. The van der Waals surface area contributed by atoms with Gasteiger partial charge >= 0.3 is 0 Å². The van der Waals surface area contributed by atoms with Gasteiger partial charge in [-0.2, -0.15) is 0 Å². The summed E-state index contributed by atoms with van der Waals surface area (Å²) < 4.78 is 21.8. The molecule has 88 valence electrons. The van der Waals surface area contributed by atoms with Crippen LogP contribution >= 0.6 is 12.2 Å². The molecule has 0 atom stereocenters.